The summed E-state index contributed by atoms with van der Waals surface area (Å²) in [5, 5.41) is 21.9. The van der Waals surface area contributed by atoms with Crippen molar-refractivity contribution >= 4 is 28.8 Å². The highest BCUT2D eigenvalue weighted by molar-refractivity contribution is 5.89. The van der Waals surface area contributed by atoms with E-state index in [9.17, 15) is 19.5 Å². The van der Waals surface area contributed by atoms with Crippen molar-refractivity contribution in [1.29, 1.82) is 5.41 Å². The van der Waals surface area contributed by atoms with Crippen LogP contribution in [0.4, 0.5) is 0 Å². The predicted octanol–water partition coefficient (Wildman–Crippen LogP) is 0.177. The molecule has 150 valence electrons. The van der Waals surface area contributed by atoms with Crippen LogP contribution in [0.3, 0.4) is 0 Å². The van der Waals surface area contributed by atoms with Crippen LogP contribution in [-0.4, -0.2) is 42.6 Å². The maximum atomic E-state index is 12.3. The third-order valence-electron chi connectivity index (χ3n) is 4.01. The molecule has 1 atom stereocenters. The smallest absolute Gasteiger partial charge is 0.336 e. The maximum absolute atomic E-state index is 12.3. The lowest BCUT2D eigenvalue weighted by atomic mass is 10.1. The first-order valence-corrected chi connectivity index (χ1v) is 8.51. The van der Waals surface area contributed by atoms with Gasteiger partial charge in [0.1, 0.15) is 17.4 Å². The van der Waals surface area contributed by atoms with Gasteiger partial charge in [0.15, 0.2) is 5.96 Å². The molecule has 1 amide bonds. The van der Waals surface area contributed by atoms with E-state index in [0.717, 1.165) is 0 Å². The van der Waals surface area contributed by atoms with Gasteiger partial charge in [0.2, 0.25) is 5.91 Å². The molecule has 0 radical (unpaired) electrons. The lowest BCUT2D eigenvalue weighted by Gasteiger charge is -2.15. The van der Waals surface area contributed by atoms with E-state index in [1.165, 1.54) is 13.2 Å². The second kappa shape index (κ2) is 9.40. The number of carboxylic acid groups (broad SMARTS) is 1. The Hall–Kier alpha value is -3.56. The van der Waals surface area contributed by atoms with Crippen molar-refractivity contribution in [3.05, 3.63) is 40.2 Å². The number of carbonyl (C=O) groups is 2. The van der Waals surface area contributed by atoms with Crippen molar-refractivity contribution in [2.75, 3.05) is 13.7 Å². The third-order valence-corrected chi connectivity index (χ3v) is 4.01. The van der Waals surface area contributed by atoms with E-state index in [-0.39, 0.29) is 24.4 Å². The molecule has 10 heteroatoms. The Bertz CT molecular complexity index is 939. The predicted molar refractivity (Wildman–Crippen MR) is 101 cm³/mol. The molecular weight excluding hydrogens is 368 g/mol. The van der Waals surface area contributed by atoms with Gasteiger partial charge in [-0.1, -0.05) is 0 Å². The Labute approximate surface area is 160 Å². The van der Waals surface area contributed by atoms with E-state index in [2.05, 4.69) is 10.6 Å². The van der Waals surface area contributed by atoms with E-state index < -0.39 is 23.5 Å². The minimum absolute atomic E-state index is 0.163. The fraction of sp³-hybridized carbons (Fsp3) is 0.333. The van der Waals surface area contributed by atoms with Gasteiger partial charge < -0.3 is 30.6 Å². The molecule has 0 saturated carbocycles. The number of benzene rings is 1. The van der Waals surface area contributed by atoms with Crippen LogP contribution >= 0.6 is 0 Å². The maximum Gasteiger partial charge on any atom is 0.336 e. The molecule has 10 nitrogen and oxygen atoms in total. The topological polar surface area (TPSA) is 168 Å². The van der Waals surface area contributed by atoms with E-state index in [1.54, 1.807) is 18.2 Å². The molecule has 0 aliphatic carbocycles. The zero-order valence-electron chi connectivity index (χ0n) is 15.3. The van der Waals surface area contributed by atoms with Crippen LogP contribution in [0.2, 0.25) is 0 Å². The first-order chi connectivity index (χ1) is 13.3. The van der Waals surface area contributed by atoms with Gasteiger partial charge in [-0.3, -0.25) is 10.2 Å². The van der Waals surface area contributed by atoms with E-state index >= 15 is 0 Å². The standard InChI is InChI=1S/C18H22N4O6/c1-27-11-4-5-12-10(8-16(24)28-14(12)9-11)7-15(23)22-13(17(25)26)3-2-6-21-18(19)20/h4-5,8-9,13H,2-3,6-7H2,1H3,(H,22,23)(H,25,26)(H4,19,20,21). The molecule has 1 aromatic carbocycles. The summed E-state index contributed by atoms with van der Waals surface area (Å²) in [5.41, 5.74) is 5.24. The summed E-state index contributed by atoms with van der Waals surface area (Å²) in [6.45, 7) is 0.321. The number of hydrogen-bond acceptors (Lipinski definition) is 6. The zero-order chi connectivity index (χ0) is 20.7. The van der Waals surface area contributed by atoms with Crippen LogP contribution in [0.25, 0.3) is 11.0 Å². The van der Waals surface area contributed by atoms with Crippen molar-refractivity contribution in [2.45, 2.75) is 25.3 Å². The van der Waals surface area contributed by atoms with Gasteiger partial charge in [-0.15, -0.1) is 0 Å². The van der Waals surface area contributed by atoms with E-state index in [0.29, 0.717) is 29.7 Å². The first-order valence-electron chi connectivity index (χ1n) is 8.51. The Kier molecular flexibility index (Phi) is 6.96. The molecule has 0 aliphatic heterocycles. The van der Waals surface area contributed by atoms with Crippen LogP contribution in [0, 0.1) is 5.41 Å². The van der Waals surface area contributed by atoms with Crippen LogP contribution in [0.1, 0.15) is 18.4 Å². The number of methoxy groups -OCH3 is 1. The average molecular weight is 390 g/mol. The van der Waals surface area contributed by atoms with Crippen molar-refractivity contribution in [3.63, 3.8) is 0 Å². The SMILES string of the molecule is COc1ccc2c(CC(=O)NC(CCCNC(=N)N)C(=O)O)cc(=O)oc2c1. The number of fused-ring (bicyclic) bond motifs is 1. The molecule has 0 spiro atoms. The number of aliphatic carboxylic acids is 1. The first kappa shape index (κ1) is 20.7. The highest BCUT2D eigenvalue weighted by atomic mass is 16.5. The summed E-state index contributed by atoms with van der Waals surface area (Å²) in [7, 11) is 1.48. The molecular formula is C18H22N4O6. The normalized spacial score (nSPS) is 11.6. The molecule has 1 aromatic heterocycles. The third kappa shape index (κ3) is 5.73. The second-order valence-corrected chi connectivity index (χ2v) is 6.07. The molecule has 0 fully saturated rings. The number of rotatable bonds is 9. The summed E-state index contributed by atoms with van der Waals surface area (Å²) < 4.78 is 10.2. The number of amides is 1. The minimum atomic E-state index is -1.17. The monoisotopic (exact) mass is 390 g/mol. The van der Waals surface area contributed by atoms with Crippen molar-refractivity contribution < 1.29 is 23.8 Å². The Balaban J connectivity index is 2.09. The highest BCUT2D eigenvalue weighted by Crippen LogP contribution is 2.22. The molecule has 6 N–H and O–H groups in total. The van der Waals surface area contributed by atoms with Crippen molar-refractivity contribution in [3.8, 4) is 5.75 Å². The van der Waals surface area contributed by atoms with Gasteiger partial charge in [0.25, 0.3) is 0 Å². The van der Waals surface area contributed by atoms with Crippen LogP contribution in [0.15, 0.2) is 33.5 Å². The summed E-state index contributed by atoms with van der Waals surface area (Å²) in [5.74, 6) is -1.40. The summed E-state index contributed by atoms with van der Waals surface area (Å²) in [6.07, 6.45) is 0.384. The fourth-order valence-electron chi connectivity index (χ4n) is 2.69. The zero-order valence-corrected chi connectivity index (χ0v) is 15.3. The number of ether oxygens (including phenoxy) is 1. The van der Waals surface area contributed by atoms with Gasteiger partial charge in [0, 0.05) is 24.1 Å². The van der Waals surface area contributed by atoms with E-state index in [4.69, 9.17) is 20.3 Å². The second-order valence-electron chi connectivity index (χ2n) is 6.07. The van der Waals surface area contributed by atoms with Crippen LogP contribution in [-0.2, 0) is 16.0 Å². The minimum Gasteiger partial charge on any atom is -0.497 e. The molecule has 0 saturated heterocycles. The average Bonchev–Trinajstić information content (AvgIpc) is 2.63. The van der Waals surface area contributed by atoms with Gasteiger partial charge in [-0.2, -0.15) is 0 Å². The van der Waals surface area contributed by atoms with Gasteiger partial charge >= 0.3 is 11.6 Å². The Morgan fingerprint density at radius 3 is 2.75 bits per heavy atom. The lowest BCUT2D eigenvalue weighted by molar-refractivity contribution is -0.141. The molecule has 2 aromatic rings. The highest BCUT2D eigenvalue weighted by Gasteiger charge is 2.20. The van der Waals surface area contributed by atoms with Crippen LogP contribution in [0.5, 0.6) is 5.75 Å². The van der Waals surface area contributed by atoms with Gasteiger partial charge in [-0.25, -0.2) is 9.59 Å². The van der Waals surface area contributed by atoms with Crippen molar-refractivity contribution in [2.24, 2.45) is 5.73 Å². The lowest BCUT2D eigenvalue weighted by Crippen LogP contribution is -2.42. The largest absolute Gasteiger partial charge is 0.497 e. The van der Waals surface area contributed by atoms with E-state index in [1.807, 2.05) is 0 Å². The molecule has 2 rings (SSSR count). The summed E-state index contributed by atoms with van der Waals surface area (Å²) >= 11 is 0. The van der Waals surface area contributed by atoms with Gasteiger partial charge in [-0.05, 0) is 30.5 Å². The molecule has 1 heterocycles. The molecule has 0 bridgehead atoms. The molecule has 1 unspecified atom stereocenters. The van der Waals surface area contributed by atoms with Crippen molar-refractivity contribution in [1.82, 2.24) is 10.6 Å². The number of carboxylic acids is 1. The molecule has 28 heavy (non-hydrogen) atoms. The number of nitrogens with one attached hydrogen (secondary N) is 3. The quantitative estimate of drug-likeness (QED) is 0.175. The summed E-state index contributed by atoms with van der Waals surface area (Å²) in [6, 6.07) is 5.00. The number of hydrogen-bond donors (Lipinski definition) is 5. The van der Waals surface area contributed by atoms with Gasteiger partial charge in [0.05, 0.1) is 13.5 Å². The Morgan fingerprint density at radius 1 is 1.36 bits per heavy atom. The molecule has 0 aliphatic rings. The number of nitrogens with two attached hydrogens (primary N) is 1. The number of carbonyl (C=O) groups excluding carboxylic acids is 1. The van der Waals surface area contributed by atoms with Crippen LogP contribution < -0.4 is 26.7 Å². The summed E-state index contributed by atoms with van der Waals surface area (Å²) in [4.78, 5) is 35.5. The number of guanidine groups is 1. The fourth-order valence-corrected chi connectivity index (χ4v) is 2.69. The Morgan fingerprint density at radius 2 is 2.11 bits per heavy atom.